The second kappa shape index (κ2) is 15.5. The topological polar surface area (TPSA) is 144 Å². The van der Waals surface area contributed by atoms with Crippen LogP contribution in [0.2, 0.25) is 0 Å². The number of carbonyl (C=O) groups excluding carboxylic acids is 1. The van der Waals surface area contributed by atoms with Crippen molar-refractivity contribution < 1.29 is 39.1 Å². The van der Waals surface area contributed by atoms with E-state index in [-0.39, 0.29) is 206 Å². The maximum absolute atomic E-state index is 9.95. The van der Waals surface area contributed by atoms with Crippen molar-refractivity contribution in [3.63, 3.8) is 0 Å². The van der Waals surface area contributed by atoms with E-state index in [0.29, 0.717) is 0 Å². The van der Waals surface area contributed by atoms with Gasteiger partial charge < -0.3 is 0 Å². The van der Waals surface area contributed by atoms with Gasteiger partial charge in [-0.2, -0.15) is 16.8 Å². The third-order valence-electron chi connectivity index (χ3n) is 0.347. The third kappa shape index (κ3) is 27.9. The molecule has 0 aromatic heterocycles. The molecule has 2 N–H and O–H groups in total. The van der Waals surface area contributed by atoms with Crippen molar-refractivity contribution in [2.45, 2.75) is 0 Å². The average Bonchev–Trinajstić information content (AvgIpc) is 1.49. The second-order valence-corrected chi connectivity index (χ2v) is 3.32. The van der Waals surface area contributed by atoms with Gasteiger partial charge in [0.05, 0.1) is 0 Å². The van der Waals surface area contributed by atoms with Gasteiger partial charge in [-0.1, -0.05) is 0 Å². The summed E-state index contributed by atoms with van der Waals surface area (Å²) in [4.78, 5) is 9.95. The summed E-state index contributed by atoms with van der Waals surface area (Å²) in [5, 5.41) is 0. The molecule has 0 saturated heterocycles. The van der Waals surface area contributed by atoms with Gasteiger partial charge in [0, 0.05) is 0 Å². The summed E-state index contributed by atoms with van der Waals surface area (Å²) in [5.74, 6) is 0. The summed E-state index contributed by atoms with van der Waals surface area (Å²) in [6, 6.07) is 0. The Kier molecular flexibility index (Phi) is 32.3. The van der Waals surface area contributed by atoms with Gasteiger partial charge >= 0.3 is 232 Å². The standard InChI is InChI=1S/CH2O9S2.4K.4H/c2-1(9-11(3,4)5)10-12(6,7)8;;;;;;;;/h(H,3,4,5)(H,6,7,8);;;;;;;;. The first-order valence-corrected chi connectivity index (χ1v) is 4.71. The molecule has 0 fully saturated rings. The molecule has 9 nitrogen and oxygen atoms in total. The molecule has 0 heterocycles. The van der Waals surface area contributed by atoms with Crippen LogP contribution >= 0.6 is 0 Å². The Balaban J connectivity index is -0.000000101. The third-order valence-corrected chi connectivity index (χ3v) is 1.04. The number of hydrogen-bond acceptors (Lipinski definition) is 7. The summed E-state index contributed by atoms with van der Waals surface area (Å²) >= 11 is 0. The van der Waals surface area contributed by atoms with Crippen LogP contribution in [0, 0.1) is 0 Å². The fourth-order valence-corrected chi connectivity index (χ4v) is 0.641. The zero-order chi connectivity index (χ0) is 9.99. The Bertz CT molecular complexity index is 332. The van der Waals surface area contributed by atoms with Crippen LogP contribution < -0.4 is 0 Å². The molecule has 0 aromatic carbocycles. The minimum atomic E-state index is -5.15. The van der Waals surface area contributed by atoms with Crippen molar-refractivity contribution in [2.24, 2.45) is 0 Å². The number of hydrogen-bond donors (Lipinski definition) is 2. The van der Waals surface area contributed by atoms with Gasteiger partial charge in [-0.25, -0.2) is 4.79 Å². The van der Waals surface area contributed by atoms with E-state index in [1.54, 1.807) is 0 Å². The quantitative estimate of drug-likeness (QED) is 0.362. The summed E-state index contributed by atoms with van der Waals surface area (Å²) in [7, 11) is -10.3. The molecule has 0 aromatic rings. The molecular weight excluding hydrogens is 377 g/mol. The molecule has 0 radical (unpaired) electrons. The monoisotopic (exact) mass is 382 g/mol. The zero-order valence-electron chi connectivity index (χ0n) is 5.07. The zero-order valence-corrected chi connectivity index (χ0v) is 6.70. The molecule has 0 aliphatic rings. The Morgan fingerprint density at radius 2 is 0.938 bits per heavy atom. The molecule has 0 spiro atoms. The van der Waals surface area contributed by atoms with Crippen molar-refractivity contribution in [1.82, 2.24) is 0 Å². The van der Waals surface area contributed by atoms with Crippen molar-refractivity contribution in [3.05, 3.63) is 0 Å². The van der Waals surface area contributed by atoms with Crippen LogP contribution in [-0.4, -0.2) is 238 Å². The average molecular weight is 383 g/mol. The van der Waals surface area contributed by atoms with E-state index in [4.69, 9.17) is 9.11 Å². The van der Waals surface area contributed by atoms with Gasteiger partial charge in [-0.05, 0) is 0 Å². The first-order valence-electron chi connectivity index (χ1n) is 1.98. The van der Waals surface area contributed by atoms with Crippen LogP contribution in [0.1, 0.15) is 0 Å². The Morgan fingerprint density at radius 1 is 0.750 bits per heavy atom. The van der Waals surface area contributed by atoms with Crippen LogP contribution in [0.5, 0.6) is 0 Å². The van der Waals surface area contributed by atoms with Crippen molar-refractivity contribution in [2.75, 3.05) is 0 Å². The molecule has 16 heavy (non-hydrogen) atoms. The molecule has 0 bridgehead atoms. The summed E-state index contributed by atoms with van der Waals surface area (Å²) in [5.41, 5.74) is 0. The van der Waals surface area contributed by atoms with E-state index < -0.39 is 27.0 Å². The maximum atomic E-state index is 9.95. The number of rotatable bonds is 2. The van der Waals surface area contributed by atoms with Crippen molar-refractivity contribution in [3.8, 4) is 0 Å². The SMILES string of the molecule is O=C(OS(=O)(=O)O)OS(=O)(=O)O.[KH].[KH].[KH].[KH]. The Morgan fingerprint density at radius 3 is 1.06 bits per heavy atom. The fraction of sp³-hybridized carbons (Fsp3) is 0. The molecule has 0 aliphatic heterocycles. The Hall–Kier alpha value is 5.64. The van der Waals surface area contributed by atoms with Crippen molar-refractivity contribution in [1.29, 1.82) is 0 Å². The van der Waals surface area contributed by atoms with Crippen molar-refractivity contribution >= 4 is 232 Å². The van der Waals surface area contributed by atoms with E-state index in [1.807, 2.05) is 0 Å². The summed E-state index contributed by atoms with van der Waals surface area (Å²) in [6.45, 7) is 0. The van der Waals surface area contributed by atoms with E-state index >= 15 is 0 Å². The molecule has 0 saturated carbocycles. The predicted octanol–water partition coefficient (Wildman–Crippen LogP) is -3.85. The van der Waals surface area contributed by atoms with E-state index in [9.17, 15) is 21.6 Å². The minimum absolute atomic E-state index is 0. The molecule has 0 amide bonds. The van der Waals surface area contributed by atoms with Gasteiger partial charge in [0.2, 0.25) is 0 Å². The first-order chi connectivity index (χ1) is 5.10. The predicted molar refractivity (Wildman–Crippen MR) is 59.3 cm³/mol. The first kappa shape index (κ1) is 33.3. The summed E-state index contributed by atoms with van der Waals surface area (Å²) in [6.07, 6.45) is -2.29. The van der Waals surface area contributed by atoms with Gasteiger partial charge in [-0.3, -0.25) is 17.5 Å². The molecule has 0 aliphatic carbocycles. The van der Waals surface area contributed by atoms with Gasteiger partial charge in [0.25, 0.3) is 0 Å². The van der Waals surface area contributed by atoms with Crippen LogP contribution in [-0.2, 0) is 29.2 Å². The molecule has 0 unspecified atom stereocenters. The summed E-state index contributed by atoms with van der Waals surface area (Å²) < 4.78 is 60.1. The molecule has 0 atom stereocenters. The van der Waals surface area contributed by atoms with Gasteiger partial charge in [0.15, 0.2) is 0 Å². The van der Waals surface area contributed by atoms with Crippen LogP contribution in [0.15, 0.2) is 0 Å². The van der Waals surface area contributed by atoms with Gasteiger partial charge in [-0.15, -0.1) is 0 Å². The number of carbonyl (C=O) groups is 1. The molecule has 15 heteroatoms. The molecular formula is CH6K4O9S2. The van der Waals surface area contributed by atoms with Crippen LogP contribution in [0.4, 0.5) is 4.79 Å². The van der Waals surface area contributed by atoms with Crippen LogP contribution in [0.3, 0.4) is 0 Å². The molecule has 0 rings (SSSR count). The van der Waals surface area contributed by atoms with E-state index in [0.717, 1.165) is 0 Å². The fourth-order valence-electron chi connectivity index (χ4n) is 0.186. The van der Waals surface area contributed by atoms with E-state index in [2.05, 4.69) is 8.37 Å². The van der Waals surface area contributed by atoms with Crippen LogP contribution in [0.25, 0.3) is 0 Å². The van der Waals surface area contributed by atoms with E-state index in [1.165, 1.54) is 0 Å². The normalized spacial score (nSPS) is 9.12. The second-order valence-electron chi connectivity index (χ2n) is 1.27. The Labute approximate surface area is 262 Å². The molecule has 80 valence electrons. The van der Waals surface area contributed by atoms with Gasteiger partial charge in [0.1, 0.15) is 0 Å².